The van der Waals surface area contributed by atoms with E-state index in [0.717, 1.165) is 24.6 Å². The molecule has 0 spiro atoms. The van der Waals surface area contributed by atoms with Crippen molar-refractivity contribution in [3.63, 3.8) is 0 Å². The van der Waals surface area contributed by atoms with Gasteiger partial charge in [0.1, 0.15) is 5.82 Å². The van der Waals surface area contributed by atoms with Gasteiger partial charge in [-0.15, -0.1) is 0 Å². The van der Waals surface area contributed by atoms with Crippen LogP contribution in [0.5, 0.6) is 0 Å². The predicted molar refractivity (Wildman–Crippen MR) is 61.9 cm³/mol. The Morgan fingerprint density at radius 2 is 2.13 bits per heavy atom. The van der Waals surface area contributed by atoms with E-state index in [0.29, 0.717) is 11.4 Å². The topological polar surface area (TPSA) is 59.2 Å². The number of rotatable bonds is 1. The van der Waals surface area contributed by atoms with Crippen LogP contribution in [-0.4, -0.2) is 40.4 Å². The van der Waals surface area contributed by atoms with Gasteiger partial charge >= 0.3 is 0 Å². The third-order valence-electron chi connectivity index (χ3n) is 2.33. The molecule has 0 atom stereocenters. The van der Waals surface area contributed by atoms with Gasteiger partial charge in [0.15, 0.2) is 0 Å². The standard InChI is InChI=1S/C10H13N3OS/c11-9-2-1-8(7-12-9)10(14)13-3-5-15-6-4-13/h1-2,7H,3-6H2,(H2,11,12). The number of carbonyl (C=O) groups excluding carboxylic acids is 1. The molecule has 0 bridgehead atoms. The van der Waals surface area contributed by atoms with Gasteiger partial charge in [-0.3, -0.25) is 4.79 Å². The second-order valence-electron chi connectivity index (χ2n) is 3.38. The van der Waals surface area contributed by atoms with Crippen LogP contribution < -0.4 is 5.73 Å². The summed E-state index contributed by atoms with van der Waals surface area (Å²) < 4.78 is 0. The van der Waals surface area contributed by atoms with Crippen molar-refractivity contribution >= 4 is 23.5 Å². The van der Waals surface area contributed by atoms with Crippen LogP contribution in [0.15, 0.2) is 18.3 Å². The lowest BCUT2D eigenvalue weighted by atomic mass is 10.2. The molecule has 1 aromatic heterocycles. The average molecular weight is 223 g/mol. The molecule has 2 rings (SSSR count). The Kier molecular flexibility index (Phi) is 3.11. The second-order valence-corrected chi connectivity index (χ2v) is 4.60. The smallest absolute Gasteiger partial charge is 0.255 e. The highest BCUT2D eigenvalue weighted by molar-refractivity contribution is 7.99. The maximum Gasteiger partial charge on any atom is 0.255 e. The molecule has 1 saturated heterocycles. The molecule has 0 aromatic carbocycles. The van der Waals surface area contributed by atoms with E-state index < -0.39 is 0 Å². The summed E-state index contributed by atoms with van der Waals surface area (Å²) in [6, 6.07) is 3.39. The molecule has 0 unspecified atom stereocenters. The minimum Gasteiger partial charge on any atom is -0.384 e. The summed E-state index contributed by atoms with van der Waals surface area (Å²) in [6.45, 7) is 1.65. The van der Waals surface area contributed by atoms with Crippen LogP contribution in [0.4, 0.5) is 5.82 Å². The van der Waals surface area contributed by atoms with E-state index in [2.05, 4.69) is 4.98 Å². The lowest BCUT2D eigenvalue weighted by Gasteiger charge is -2.26. The lowest BCUT2D eigenvalue weighted by molar-refractivity contribution is 0.0772. The summed E-state index contributed by atoms with van der Waals surface area (Å²) in [4.78, 5) is 17.7. The fourth-order valence-corrected chi connectivity index (χ4v) is 2.38. The molecule has 1 aliphatic heterocycles. The highest BCUT2D eigenvalue weighted by Gasteiger charge is 2.18. The van der Waals surface area contributed by atoms with Gasteiger partial charge in [0, 0.05) is 30.8 Å². The molecule has 2 heterocycles. The van der Waals surface area contributed by atoms with Crippen LogP contribution in [-0.2, 0) is 0 Å². The lowest BCUT2D eigenvalue weighted by Crippen LogP contribution is -2.37. The number of pyridine rings is 1. The molecule has 1 amide bonds. The first-order chi connectivity index (χ1) is 7.27. The second kappa shape index (κ2) is 4.53. The monoisotopic (exact) mass is 223 g/mol. The van der Waals surface area contributed by atoms with E-state index in [4.69, 9.17) is 5.73 Å². The van der Waals surface area contributed by atoms with E-state index in [-0.39, 0.29) is 5.91 Å². The van der Waals surface area contributed by atoms with Crippen molar-refractivity contribution in [3.8, 4) is 0 Å². The summed E-state index contributed by atoms with van der Waals surface area (Å²) >= 11 is 1.88. The first kappa shape index (κ1) is 10.3. The first-order valence-electron chi connectivity index (χ1n) is 4.86. The maximum absolute atomic E-state index is 11.9. The number of hydrogen-bond donors (Lipinski definition) is 1. The van der Waals surface area contributed by atoms with Crippen molar-refractivity contribution in [2.75, 3.05) is 30.3 Å². The minimum absolute atomic E-state index is 0.0581. The minimum atomic E-state index is 0.0581. The summed E-state index contributed by atoms with van der Waals surface area (Å²) in [6.07, 6.45) is 1.54. The normalized spacial score (nSPS) is 16.4. The molecule has 0 radical (unpaired) electrons. The van der Waals surface area contributed by atoms with Crippen molar-refractivity contribution in [2.45, 2.75) is 0 Å². The summed E-state index contributed by atoms with van der Waals surface area (Å²) in [7, 11) is 0. The third-order valence-corrected chi connectivity index (χ3v) is 3.27. The Hall–Kier alpha value is -1.23. The Morgan fingerprint density at radius 1 is 1.40 bits per heavy atom. The highest BCUT2D eigenvalue weighted by Crippen LogP contribution is 2.12. The number of carbonyl (C=O) groups is 1. The molecular formula is C10H13N3OS. The van der Waals surface area contributed by atoms with Gasteiger partial charge in [0.25, 0.3) is 5.91 Å². The Balaban J connectivity index is 2.09. The van der Waals surface area contributed by atoms with E-state index in [1.54, 1.807) is 18.3 Å². The van der Waals surface area contributed by atoms with Crippen LogP contribution >= 0.6 is 11.8 Å². The molecule has 80 valence electrons. The largest absolute Gasteiger partial charge is 0.384 e. The molecule has 2 N–H and O–H groups in total. The van der Waals surface area contributed by atoms with Crippen molar-refractivity contribution in [3.05, 3.63) is 23.9 Å². The molecule has 1 aliphatic rings. The fourth-order valence-electron chi connectivity index (χ4n) is 1.48. The molecule has 1 fully saturated rings. The number of nitrogens with zero attached hydrogens (tertiary/aromatic N) is 2. The van der Waals surface area contributed by atoms with Crippen molar-refractivity contribution < 1.29 is 4.79 Å². The summed E-state index contributed by atoms with van der Waals surface area (Å²) in [5.41, 5.74) is 6.09. The van der Waals surface area contributed by atoms with Gasteiger partial charge < -0.3 is 10.6 Å². The van der Waals surface area contributed by atoms with E-state index in [9.17, 15) is 4.79 Å². The van der Waals surface area contributed by atoms with Gasteiger partial charge in [-0.25, -0.2) is 4.98 Å². The van der Waals surface area contributed by atoms with Gasteiger partial charge in [0.05, 0.1) is 5.56 Å². The third kappa shape index (κ3) is 2.41. The number of anilines is 1. The number of amides is 1. The maximum atomic E-state index is 11.9. The Morgan fingerprint density at radius 3 is 2.73 bits per heavy atom. The number of thioether (sulfide) groups is 1. The zero-order chi connectivity index (χ0) is 10.7. The summed E-state index contributed by atoms with van der Waals surface area (Å²) in [5, 5.41) is 0. The fraction of sp³-hybridized carbons (Fsp3) is 0.400. The molecule has 1 aromatic rings. The van der Waals surface area contributed by atoms with Crippen LogP contribution in [0, 0.1) is 0 Å². The van der Waals surface area contributed by atoms with Crippen LogP contribution in [0.25, 0.3) is 0 Å². The quantitative estimate of drug-likeness (QED) is 0.767. The van der Waals surface area contributed by atoms with Crippen molar-refractivity contribution in [1.29, 1.82) is 0 Å². The van der Waals surface area contributed by atoms with Crippen LogP contribution in [0.2, 0.25) is 0 Å². The predicted octanol–water partition coefficient (Wildman–Crippen LogP) is 0.853. The molecule has 4 nitrogen and oxygen atoms in total. The molecule has 0 aliphatic carbocycles. The molecular weight excluding hydrogens is 210 g/mol. The number of nitrogens with two attached hydrogens (primary N) is 1. The van der Waals surface area contributed by atoms with Crippen LogP contribution in [0.1, 0.15) is 10.4 Å². The zero-order valence-electron chi connectivity index (χ0n) is 8.35. The Labute approximate surface area is 92.9 Å². The van der Waals surface area contributed by atoms with E-state index in [1.165, 1.54) is 0 Å². The van der Waals surface area contributed by atoms with Crippen LogP contribution in [0.3, 0.4) is 0 Å². The molecule has 0 saturated carbocycles. The SMILES string of the molecule is Nc1ccc(C(=O)N2CCSCC2)cn1. The number of hydrogen-bond acceptors (Lipinski definition) is 4. The van der Waals surface area contributed by atoms with E-state index in [1.807, 2.05) is 16.7 Å². The number of nitrogen functional groups attached to an aromatic ring is 1. The zero-order valence-corrected chi connectivity index (χ0v) is 9.17. The Bertz CT molecular complexity index is 346. The van der Waals surface area contributed by atoms with Crippen molar-refractivity contribution in [2.24, 2.45) is 0 Å². The van der Waals surface area contributed by atoms with Crippen molar-refractivity contribution in [1.82, 2.24) is 9.88 Å². The highest BCUT2D eigenvalue weighted by atomic mass is 32.2. The summed E-state index contributed by atoms with van der Waals surface area (Å²) in [5.74, 6) is 2.55. The average Bonchev–Trinajstić information content (AvgIpc) is 2.30. The first-order valence-corrected chi connectivity index (χ1v) is 6.01. The van der Waals surface area contributed by atoms with Gasteiger partial charge in [-0.1, -0.05) is 0 Å². The van der Waals surface area contributed by atoms with Gasteiger partial charge in [-0.05, 0) is 12.1 Å². The van der Waals surface area contributed by atoms with Gasteiger partial charge in [0.2, 0.25) is 0 Å². The van der Waals surface area contributed by atoms with E-state index >= 15 is 0 Å². The number of aromatic nitrogens is 1. The van der Waals surface area contributed by atoms with Gasteiger partial charge in [-0.2, -0.15) is 11.8 Å². The molecule has 15 heavy (non-hydrogen) atoms. The molecule has 5 heteroatoms.